The number of nitrogens with one attached hydrogen (secondary N) is 1. The molecule has 2 rings (SSSR count). The van der Waals surface area contributed by atoms with E-state index in [1.54, 1.807) is 36.2 Å². The van der Waals surface area contributed by atoms with Crippen LogP contribution in [0.5, 0.6) is 0 Å². The fourth-order valence-electron chi connectivity index (χ4n) is 1.89. The predicted molar refractivity (Wildman–Crippen MR) is 86.4 cm³/mol. The Morgan fingerprint density at radius 1 is 1.41 bits per heavy atom. The average molecular weight is 320 g/mol. The van der Waals surface area contributed by atoms with E-state index in [-0.39, 0.29) is 17.5 Å². The van der Waals surface area contributed by atoms with Gasteiger partial charge in [0.1, 0.15) is 5.82 Å². The molecule has 22 heavy (non-hydrogen) atoms. The minimum absolute atomic E-state index is 0.00934. The number of anilines is 1. The van der Waals surface area contributed by atoms with Crippen molar-refractivity contribution in [2.24, 2.45) is 5.92 Å². The summed E-state index contributed by atoms with van der Waals surface area (Å²) in [4.78, 5) is 22.3. The smallest absolute Gasteiger partial charge is 0.269 e. The third-order valence-electron chi connectivity index (χ3n) is 3.06. The molecule has 0 radical (unpaired) electrons. The second kappa shape index (κ2) is 7.08. The number of benzene rings is 1. The van der Waals surface area contributed by atoms with Crippen molar-refractivity contribution in [1.82, 2.24) is 9.78 Å². The normalized spacial score (nSPS) is 11.9. The van der Waals surface area contributed by atoms with Crippen LogP contribution in [0.1, 0.15) is 6.92 Å². The first-order valence-electron chi connectivity index (χ1n) is 6.61. The number of carbonyl (C=O) groups excluding carboxylic acids is 1. The maximum absolute atomic E-state index is 12.1. The Bertz CT molecular complexity index is 669. The third kappa shape index (κ3) is 3.64. The Morgan fingerprint density at radius 2 is 2.09 bits per heavy atom. The first-order valence-corrected chi connectivity index (χ1v) is 8.01. The van der Waals surface area contributed by atoms with E-state index >= 15 is 0 Å². The zero-order chi connectivity index (χ0) is 16.1. The number of nitro benzene ring substituents is 1. The van der Waals surface area contributed by atoms with Crippen LogP contribution in [0.25, 0.3) is 5.69 Å². The molecule has 1 aromatic heterocycles. The Morgan fingerprint density at radius 3 is 2.68 bits per heavy atom. The van der Waals surface area contributed by atoms with E-state index in [4.69, 9.17) is 0 Å². The molecule has 1 aromatic carbocycles. The van der Waals surface area contributed by atoms with Crippen LogP contribution in [0.2, 0.25) is 0 Å². The monoisotopic (exact) mass is 320 g/mol. The van der Waals surface area contributed by atoms with Crippen LogP contribution in [0.4, 0.5) is 11.5 Å². The van der Waals surface area contributed by atoms with Crippen molar-refractivity contribution in [2.45, 2.75) is 6.92 Å². The number of thioether (sulfide) groups is 1. The molecule has 1 heterocycles. The van der Waals surface area contributed by atoms with Crippen molar-refractivity contribution in [2.75, 3.05) is 17.3 Å². The molecule has 0 aliphatic carbocycles. The second-order valence-corrected chi connectivity index (χ2v) is 5.66. The van der Waals surface area contributed by atoms with Gasteiger partial charge in [-0.15, -0.1) is 0 Å². The van der Waals surface area contributed by atoms with E-state index in [9.17, 15) is 14.9 Å². The Hall–Kier alpha value is -2.35. The minimum Gasteiger partial charge on any atom is -0.310 e. The van der Waals surface area contributed by atoms with E-state index in [1.807, 2.05) is 13.2 Å². The average Bonchev–Trinajstić information content (AvgIpc) is 2.95. The van der Waals surface area contributed by atoms with Crippen molar-refractivity contribution in [3.63, 3.8) is 0 Å². The fourth-order valence-corrected chi connectivity index (χ4v) is 2.55. The summed E-state index contributed by atoms with van der Waals surface area (Å²) in [6.45, 7) is 1.86. The molecule has 0 saturated carbocycles. The van der Waals surface area contributed by atoms with Gasteiger partial charge in [0, 0.05) is 29.9 Å². The van der Waals surface area contributed by atoms with Crippen LogP contribution in [0, 0.1) is 16.0 Å². The summed E-state index contributed by atoms with van der Waals surface area (Å²) in [5.41, 5.74) is 0.651. The van der Waals surface area contributed by atoms with Crippen molar-refractivity contribution < 1.29 is 9.72 Å². The summed E-state index contributed by atoms with van der Waals surface area (Å²) in [5, 5.41) is 17.6. The van der Waals surface area contributed by atoms with Crippen LogP contribution in [-0.4, -0.2) is 32.6 Å². The molecule has 0 aliphatic heterocycles. The molecule has 8 heteroatoms. The quantitative estimate of drug-likeness (QED) is 0.653. The summed E-state index contributed by atoms with van der Waals surface area (Å²) in [6.07, 6.45) is 3.52. The number of hydrogen-bond donors (Lipinski definition) is 1. The zero-order valence-electron chi connectivity index (χ0n) is 12.2. The van der Waals surface area contributed by atoms with Crippen LogP contribution in [0.3, 0.4) is 0 Å². The van der Waals surface area contributed by atoms with E-state index in [1.165, 1.54) is 16.8 Å². The lowest BCUT2D eigenvalue weighted by Crippen LogP contribution is -2.23. The van der Waals surface area contributed by atoms with Gasteiger partial charge in [-0.3, -0.25) is 14.9 Å². The number of non-ortho nitro benzene ring substituents is 1. The highest BCUT2D eigenvalue weighted by Crippen LogP contribution is 2.19. The highest BCUT2D eigenvalue weighted by Gasteiger charge is 2.15. The zero-order valence-corrected chi connectivity index (χ0v) is 13.0. The summed E-state index contributed by atoms with van der Waals surface area (Å²) in [5.74, 6) is 1.07. The number of amides is 1. The van der Waals surface area contributed by atoms with E-state index < -0.39 is 4.92 Å². The van der Waals surface area contributed by atoms with Gasteiger partial charge in [-0.1, -0.05) is 6.92 Å². The molecule has 0 spiro atoms. The molecule has 0 fully saturated rings. The van der Waals surface area contributed by atoms with Gasteiger partial charge in [0.05, 0.1) is 16.8 Å². The lowest BCUT2D eigenvalue weighted by molar-refractivity contribution is -0.384. The lowest BCUT2D eigenvalue weighted by Gasteiger charge is -2.12. The van der Waals surface area contributed by atoms with Gasteiger partial charge >= 0.3 is 0 Å². The van der Waals surface area contributed by atoms with Gasteiger partial charge in [0.2, 0.25) is 5.91 Å². The molecular formula is C14H16N4O3S. The fraction of sp³-hybridized carbons (Fsp3) is 0.286. The summed E-state index contributed by atoms with van der Waals surface area (Å²) in [6, 6.07) is 7.67. The molecular weight excluding hydrogens is 304 g/mol. The minimum atomic E-state index is -0.459. The topological polar surface area (TPSA) is 90.1 Å². The van der Waals surface area contributed by atoms with Gasteiger partial charge in [-0.25, -0.2) is 4.68 Å². The maximum Gasteiger partial charge on any atom is 0.269 e. The molecule has 1 amide bonds. The first-order chi connectivity index (χ1) is 10.5. The number of carbonyl (C=O) groups is 1. The van der Waals surface area contributed by atoms with Gasteiger partial charge in [-0.2, -0.15) is 16.9 Å². The highest BCUT2D eigenvalue weighted by molar-refractivity contribution is 7.98. The SMILES string of the molecule is CSCC(C)C(=O)Nc1ccnn1-c1ccc([N+](=O)[O-])cc1. The Labute approximate surface area is 131 Å². The van der Waals surface area contributed by atoms with Crippen LogP contribution in [-0.2, 0) is 4.79 Å². The molecule has 0 saturated heterocycles. The summed E-state index contributed by atoms with van der Waals surface area (Å²) >= 11 is 1.61. The standard InChI is InChI=1S/C14H16N4O3S/c1-10(9-22-2)14(19)16-13-7-8-15-17(13)11-3-5-12(6-4-11)18(20)21/h3-8,10H,9H2,1-2H3,(H,16,19). The largest absolute Gasteiger partial charge is 0.310 e. The van der Waals surface area contributed by atoms with E-state index in [2.05, 4.69) is 10.4 Å². The van der Waals surface area contributed by atoms with E-state index in [0.717, 1.165) is 5.75 Å². The predicted octanol–water partition coefficient (Wildman–Crippen LogP) is 2.72. The summed E-state index contributed by atoms with van der Waals surface area (Å²) < 4.78 is 1.54. The Kier molecular flexibility index (Phi) is 5.16. The van der Waals surface area contributed by atoms with Gasteiger partial charge in [-0.05, 0) is 18.4 Å². The number of nitro groups is 1. The highest BCUT2D eigenvalue weighted by atomic mass is 32.2. The van der Waals surface area contributed by atoms with Crippen LogP contribution in [0.15, 0.2) is 36.5 Å². The van der Waals surface area contributed by atoms with Crippen LogP contribution < -0.4 is 5.32 Å². The molecule has 0 aliphatic rings. The molecule has 1 N–H and O–H groups in total. The maximum atomic E-state index is 12.1. The molecule has 1 unspecified atom stereocenters. The molecule has 7 nitrogen and oxygen atoms in total. The van der Waals surface area contributed by atoms with Crippen molar-refractivity contribution >= 4 is 29.2 Å². The summed E-state index contributed by atoms with van der Waals surface area (Å²) in [7, 11) is 0. The van der Waals surface area contributed by atoms with Crippen LogP contribution >= 0.6 is 11.8 Å². The molecule has 2 aromatic rings. The second-order valence-electron chi connectivity index (χ2n) is 4.75. The number of rotatable bonds is 6. The first kappa shape index (κ1) is 16.0. The third-order valence-corrected chi connectivity index (χ3v) is 3.90. The lowest BCUT2D eigenvalue weighted by atomic mass is 10.2. The van der Waals surface area contributed by atoms with Crippen molar-refractivity contribution in [3.05, 3.63) is 46.6 Å². The van der Waals surface area contributed by atoms with Gasteiger partial charge < -0.3 is 5.32 Å². The van der Waals surface area contributed by atoms with Crippen molar-refractivity contribution in [1.29, 1.82) is 0 Å². The van der Waals surface area contributed by atoms with Gasteiger partial charge in [0.15, 0.2) is 0 Å². The molecule has 0 bridgehead atoms. The number of hydrogen-bond acceptors (Lipinski definition) is 5. The van der Waals surface area contributed by atoms with E-state index in [0.29, 0.717) is 11.5 Å². The number of aromatic nitrogens is 2. The van der Waals surface area contributed by atoms with Crippen molar-refractivity contribution in [3.8, 4) is 5.69 Å². The molecule has 116 valence electrons. The Balaban J connectivity index is 2.18. The van der Waals surface area contributed by atoms with Gasteiger partial charge in [0.25, 0.3) is 5.69 Å². The molecule has 1 atom stereocenters. The number of nitrogens with zero attached hydrogens (tertiary/aromatic N) is 3.